The van der Waals surface area contributed by atoms with Crippen molar-refractivity contribution in [2.24, 2.45) is 0 Å². The van der Waals surface area contributed by atoms with Crippen molar-refractivity contribution in [1.82, 2.24) is 10.2 Å². The van der Waals surface area contributed by atoms with Crippen molar-refractivity contribution in [2.45, 2.75) is 45.2 Å². The van der Waals surface area contributed by atoms with Gasteiger partial charge in [-0.2, -0.15) is 0 Å². The molecule has 7 heteroatoms. The van der Waals surface area contributed by atoms with E-state index in [0.717, 1.165) is 30.5 Å². The quantitative estimate of drug-likeness (QED) is 0.747. The molecule has 0 aliphatic carbocycles. The van der Waals surface area contributed by atoms with Crippen LogP contribution in [0.5, 0.6) is 0 Å². The molecule has 0 radical (unpaired) electrons. The van der Waals surface area contributed by atoms with Gasteiger partial charge >= 0.3 is 0 Å². The van der Waals surface area contributed by atoms with Gasteiger partial charge in [-0.1, -0.05) is 30.7 Å². The van der Waals surface area contributed by atoms with Crippen LogP contribution in [0, 0.1) is 0 Å². The maximum Gasteiger partial charge on any atom is 0.251 e. The predicted molar refractivity (Wildman–Crippen MR) is 124 cm³/mol. The van der Waals surface area contributed by atoms with Crippen molar-refractivity contribution in [1.29, 1.82) is 0 Å². The molecule has 1 N–H and O–H groups in total. The molecule has 0 bridgehead atoms. The molecule has 2 aromatic rings. The molecule has 2 aliphatic rings. The Morgan fingerprint density at radius 2 is 1.65 bits per heavy atom. The lowest BCUT2D eigenvalue weighted by Gasteiger charge is -2.29. The van der Waals surface area contributed by atoms with Crippen molar-refractivity contribution in [2.75, 3.05) is 30.2 Å². The van der Waals surface area contributed by atoms with Gasteiger partial charge in [0.2, 0.25) is 10.0 Å². The first-order valence-corrected chi connectivity index (χ1v) is 12.9. The topological polar surface area (TPSA) is 69.7 Å². The highest BCUT2D eigenvalue weighted by Crippen LogP contribution is 2.29. The lowest BCUT2D eigenvalue weighted by Crippen LogP contribution is -2.34. The minimum atomic E-state index is -3.30. The molecular formula is C24H31N3O3S. The van der Waals surface area contributed by atoms with Crippen LogP contribution in [0.25, 0.3) is 0 Å². The number of anilines is 1. The van der Waals surface area contributed by atoms with E-state index in [0.29, 0.717) is 24.3 Å². The highest BCUT2D eigenvalue weighted by molar-refractivity contribution is 7.92. The smallest absolute Gasteiger partial charge is 0.251 e. The second kappa shape index (κ2) is 9.40. The number of carbonyl (C=O) groups excluding carboxylic acids is 1. The Labute approximate surface area is 185 Å². The number of nitrogens with one attached hydrogen (secondary N) is 1. The Morgan fingerprint density at radius 1 is 0.935 bits per heavy atom. The summed E-state index contributed by atoms with van der Waals surface area (Å²) >= 11 is 0. The van der Waals surface area contributed by atoms with E-state index in [1.54, 1.807) is 12.1 Å². The summed E-state index contributed by atoms with van der Waals surface area (Å²) in [4.78, 5) is 15.2. The van der Waals surface area contributed by atoms with Crippen LogP contribution < -0.4 is 9.62 Å². The van der Waals surface area contributed by atoms with Crippen LogP contribution in [-0.2, 0) is 29.5 Å². The molecule has 2 aliphatic heterocycles. The van der Waals surface area contributed by atoms with Crippen molar-refractivity contribution in [3.05, 3.63) is 64.7 Å². The molecular weight excluding hydrogens is 410 g/mol. The first-order valence-electron chi connectivity index (χ1n) is 11.1. The number of piperidine rings is 1. The van der Waals surface area contributed by atoms with E-state index in [4.69, 9.17) is 0 Å². The maximum absolute atomic E-state index is 12.7. The number of hydrogen-bond acceptors (Lipinski definition) is 4. The minimum Gasteiger partial charge on any atom is -0.348 e. The van der Waals surface area contributed by atoms with Gasteiger partial charge in [0.05, 0.1) is 11.9 Å². The highest BCUT2D eigenvalue weighted by atomic mass is 32.2. The number of benzene rings is 2. The molecule has 4 rings (SSSR count). The van der Waals surface area contributed by atoms with E-state index in [2.05, 4.69) is 34.5 Å². The third kappa shape index (κ3) is 5.46. The molecule has 0 spiro atoms. The molecule has 0 saturated carbocycles. The van der Waals surface area contributed by atoms with Gasteiger partial charge in [-0.15, -0.1) is 0 Å². The summed E-state index contributed by atoms with van der Waals surface area (Å²) in [7, 11) is -3.30. The van der Waals surface area contributed by atoms with Crippen LogP contribution in [-0.4, -0.2) is 45.1 Å². The van der Waals surface area contributed by atoms with Gasteiger partial charge < -0.3 is 5.32 Å². The lowest BCUT2D eigenvalue weighted by atomic mass is 10.0. The van der Waals surface area contributed by atoms with Gasteiger partial charge in [-0.05, 0) is 73.7 Å². The van der Waals surface area contributed by atoms with Crippen LogP contribution in [0.15, 0.2) is 42.5 Å². The standard InChI is InChI=1S/C24H31N3O3S/c1-31(29,30)27-15-5-6-21-16-22(11-12-23(21)27)24(28)25-17-19-7-9-20(10-8-19)18-26-13-3-2-4-14-26/h7-12,16H,2-6,13-15,17-18H2,1H3,(H,25,28). The second-order valence-corrected chi connectivity index (χ2v) is 10.5. The van der Waals surface area contributed by atoms with Crippen molar-refractivity contribution in [3.8, 4) is 0 Å². The van der Waals surface area contributed by atoms with Crippen LogP contribution in [0.4, 0.5) is 5.69 Å². The normalized spacial score (nSPS) is 17.3. The summed E-state index contributed by atoms with van der Waals surface area (Å²) in [6.45, 7) is 4.31. The first-order chi connectivity index (χ1) is 14.9. The summed E-state index contributed by atoms with van der Waals surface area (Å²) in [5.41, 5.74) is 4.54. The number of sulfonamides is 1. The first kappa shape index (κ1) is 21.8. The van der Waals surface area contributed by atoms with E-state index >= 15 is 0 Å². The molecule has 6 nitrogen and oxygen atoms in total. The van der Waals surface area contributed by atoms with Gasteiger partial charge in [-0.3, -0.25) is 14.0 Å². The number of amides is 1. The summed E-state index contributed by atoms with van der Waals surface area (Å²) in [5.74, 6) is -0.142. The van der Waals surface area contributed by atoms with Crippen LogP contribution in [0.2, 0.25) is 0 Å². The molecule has 0 atom stereocenters. The van der Waals surface area contributed by atoms with E-state index in [1.807, 2.05) is 6.07 Å². The Hall–Kier alpha value is -2.38. The molecule has 1 saturated heterocycles. The SMILES string of the molecule is CS(=O)(=O)N1CCCc2cc(C(=O)NCc3ccc(CN4CCCCC4)cc3)ccc21. The molecule has 2 aromatic carbocycles. The van der Waals surface area contributed by atoms with Gasteiger partial charge in [0.1, 0.15) is 0 Å². The molecule has 2 heterocycles. The number of carbonyl (C=O) groups is 1. The zero-order valence-corrected chi connectivity index (χ0v) is 19.0. The zero-order chi connectivity index (χ0) is 21.8. The summed E-state index contributed by atoms with van der Waals surface area (Å²) in [6, 6.07) is 13.7. The Morgan fingerprint density at radius 3 is 2.35 bits per heavy atom. The average molecular weight is 442 g/mol. The molecule has 0 aromatic heterocycles. The Kier molecular flexibility index (Phi) is 6.62. The van der Waals surface area contributed by atoms with E-state index in [9.17, 15) is 13.2 Å². The van der Waals surface area contributed by atoms with Crippen molar-refractivity contribution < 1.29 is 13.2 Å². The third-order valence-corrected chi connectivity index (χ3v) is 7.33. The predicted octanol–water partition coefficient (Wildman–Crippen LogP) is 3.31. The fourth-order valence-electron chi connectivity index (χ4n) is 4.47. The number of rotatable bonds is 6. The number of likely N-dealkylation sites (tertiary alicyclic amines) is 1. The van der Waals surface area contributed by atoms with Crippen LogP contribution >= 0.6 is 0 Å². The van der Waals surface area contributed by atoms with E-state index < -0.39 is 10.0 Å². The third-order valence-electron chi connectivity index (χ3n) is 6.15. The largest absolute Gasteiger partial charge is 0.348 e. The van der Waals surface area contributed by atoms with Gasteiger partial charge in [0, 0.05) is 25.2 Å². The summed E-state index contributed by atoms with van der Waals surface area (Å²) in [6.07, 6.45) is 6.68. The monoisotopic (exact) mass is 441 g/mol. The molecule has 1 amide bonds. The van der Waals surface area contributed by atoms with E-state index in [-0.39, 0.29) is 5.91 Å². The minimum absolute atomic E-state index is 0.142. The Balaban J connectivity index is 1.35. The summed E-state index contributed by atoms with van der Waals surface area (Å²) < 4.78 is 25.4. The number of hydrogen-bond donors (Lipinski definition) is 1. The molecule has 31 heavy (non-hydrogen) atoms. The number of aryl methyl sites for hydroxylation is 1. The van der Waals surface area contributed by atoms with Crippen molar-refractivity contribution in [3.63, 3.8) is 0 Å². The summed E-state index contributed by atoms with van der Waals surface area (Å²) in [5, 5.41) is 2.98. The average Bonchev–Trinajstić information content (AvgIpc) is 2.77. The number of fused-ring (bicyclic) bond motifs is 1. The van der Waals surface area contributed by atoms with Crippen LogP contribution in [0.3, 0.4) is 0 Å². The van der Waals surface area contributed by atoms with Gasteiger partial charge in [0.15, 0.2) is 0 Å². The molecule has 0 unspecified atom stereocenters. The maximum atomic E-state index is 12.7. The van der Waals surface area contributed by atoms with Crippen LogP contribution in [0.1, 0.15) is 52.7 Å². The fraction of sp³-hybridized carbons (Fsp3) is 0.458. The van der Waals surface area contributed by atoms with Crippen molar-refractivity contribution >= 4 is 21.6 Å². The highest BCUT2D eigenvalue weighted by Gasteiger charge is 2.24. The fourth-order valence-corrected chi connectivity index (χ4v) is 5.47. The zero-order valence-electron chi connectivity index (χ0n) is 18.1. The number of nitrogens with zero attached hydrogens (tertiary/aromatic N) is 2. The molecule has 1 fully saturated rings. The second-order valence-electron chi connectivity index (χ2n) is 8.62. The van der Waals surface area contributed by atoms with E-state index in [1.165, 1.54) is 48.5 Å². The Bertz CT molecular complexity index is 1030. The van der Waals surface area contributed by atoms with Gasteiger partial charge in [-0.25, -0.2) is 8.42 Å². The molecule has 166 valence electrons. The van der Waals surface area contributed by atoms with Gasteiger partial charge in [0.25, 0.3) is 5.91 Å². The lowest BCUT2D eigenvalue weighted by molar-refractivity contribution is 0.0951.